The van der Waals surface area contributed by atoms with Crippen LogP contribution in [0.4, 0.5) is 0 Å². The fourth-order valence-electron chi connectivity index (χ4n) is 1.40. The number of nitrogens with zero attached hydrogens (tertiary/aromatic N) is 1. The monoisotopic (exact) mass is 262 g/mol. The molecule has 0 fully saturated rings. The van der Waals surface area contributed by atoms with Gasteiger partial charge in [0, 0.05) is 17.2 Å². The molecule has 18 heavy (non-hydrogen) atoms. The summed E-state index contributed by atoms with van der Waals surface area (Å²) in [4.78, 5) is 29.3. The van der Waals surface area contributed by atoms with E-state index >= 15 is 0 Å². The number of hydrogen-bond donors (Lipinski definition) is 2. The number of aryl methyl sites for hydroxylation is 1. The Morgan fingerprint density at radius 2 is 2.17 bits per heavy atom. The Balaban J connectivity index is 2.42. The quantitative estimate of drug-likeness (QED) is 0.826. The molecule has 2 N–H and O–H groups in total. The van der Waals surface area contributed by atoms with Crippen molar-refractivity contribution in [3.05, 3.63) is 51.9 Å². The van der Waals surface area contributed by atoms with Gasteiger partial charge in [0.1, 0.15) is 0 Å². The third-order valence-corrected chi connectivity index (χ3v) is 3.18. The molecule has 1 aromatic heterocycles. The van der Waals surface area contributed by atoms with Crippen LogP contribution in [0.1, 0.15) is 15.9 Å². The van der Waals surface area contributed by atoms with Crippen LogP contribution in [0, 0.1) is 6.92 Å². The fraction of sp³-hybridized carbons (Fsp3) is 0.0833. The molecule has 6 heteroatoms. The minimum absolute atomic E-state index is 0.192. The molecule has 5 nitrogen and oxygen atoms in total. The van der Waals surface area contributed by atoms with E-state index in [0.29, 0.717) is 10.1 Å². The first-order valence-corrected chi connectivity index (χ1v) is 5.95. The Labute approximate surface area is 107 Å². The zero-order valence-electron chi connectivity index (χ0n) is 9.51. The summed E-state index contributed by atoms with van der Waals surface area (Å²) in [6.45, 7) is 1.87. The molecule has 0 aliphatic rings. The summed E-state index contributed by atoms with van der Waals surface area (Å²) in [5, 5.41) is 9.45. The molecular weight excluding hydrogens is 252 g/mol. The number of carbonyl (C=O) groups is 1. The minimum atomic E-state index is -1.00. The number of rotatable bonds is 3. The van der Waals surface area contributed by atoms with Gasteiger partial charge in [-0.15, -0.1) is 0 Å². The van der Waals surface area contributed by atoms with Crippen LogP contribution in [0.25, 0.3) is 0 Å². The van der Waals surface area contributed by atoms with Crippen LogP contribution in [0.3, 0.4) is 0 Å². The standard InChI is InChI=1S/C12H10N2O3S/c1-7-2-3-8(11(16)17)9(6-7)18-12-13-5-4-10(15)14-12/h2-6H,1H3,(H,16,17)(H,13,14,15). The lowest BCUT2D eigenvalue weighted by atomic mass is 10.1. The van der Waals surface area contributed by atoms with Crippen LogP contribution in [-0.4, -0.2) is 21.0 Å². The highest BCUT2D eigenvalue weighted by Crippen LogP contribution is 2.28. The van der Waals surface area contributed by atoms with E-state index < -0.39 is 5.97 Å². The van der Waals surface area contributed by atoms with Gasteiger partial charge in [-0.1, -0.05) is 17.8 Å². The number of carboxylic acids is 1. The summed E-state index contributed by atoms with van der Waals surface area (Å²) in [6.07, 6.45) is 1.39. The molecule has 0 spiro atoms. The number of benzene rings is 1. The number of carboxylic acid groups (broad SMARTS) is 1. The molecule has 1 aromatic carbocycles. The Hall–Kier alpha value is -2.08. The van der Waals surface area contributed by atoms with Gasteiger partial charge in [0.25, 0.3) is 5.56 Å². The molecule has 0 saturated carbocycles. The Kier molecular flexibility index (Phi) is 3.47. The maximum Gasteiger partial charge on any atom is 0.336 e. The second-order valence-electron chi connectivity index (χ2n) is 3.65. The number of aromatic nitrogens is 2. The zero-order chi connectivity index (χ0) is 13.1. The molecule has 0 bridgehead atoms. The molecular formula is C12H10N2O3S. The van der Waals surface area contributed by atoms with Crippen molar-refractivity contribution < 1.29 is 9.90 Å². The highest BCUT2D eigenvalue weighted by molar-refractivity contribution is 7.99. The van der Waals surface area contributed by atoms with E-state index in [9.17, 15) is 9.59 Å². The zero-order valence-corrected chi connectivity index (χ0v) is 10.3. The summed E-state index contributed by atoms with van der Waals surface area (Å²) in [6, 6.07) is 6.33. The lowest BCUT2D eigenvalue weighted by molar-refractivity contribution is 0.0693. The highest BCUT2D eigenvalue weighted by Gasteiger charge is 2.12. The number of hydrogen-bond acceptors (Lipinski definition) is 4. The molecule has 0 unspecified atom stereocenters. The van der Waals surface area contributed by atoms with Crippen LogP contribution in [0.15, 0.2) is 45.3 Å². The van der Waals surface area contributed by atoms with E-state index in [2.05, 4.69) is 9.97 Å². The molecule has 0 amide bonds. The fourth-order valence-corrected chi connectivity index (χ4v) is 2.38. The van der Waals surface area contributed by atoms with Crippen LogP contribution < -0.4 is 5.56 Å². The molecule has 0 aliphatic heterocycles. The Bertz CT molecular complexity index is 652. The van der Waals surface area contributed by atoms with Crippen LogP contribution in [-0.2, 0) is 0 Å². The Morgan fingerprint density at radius 1 is 1.39 bits per heavy atom. The first-order valence-electron chi connectivity index (χ1n) is 5.13. The van der Waals surface area contributed by atoms with Crippen molar-refractivity contribution in [2.45, 2.75) is 17.0 Å². The molecule has 2 aromatic rings. The molecule has 0 aliphatic carbocycles. The molecule has 0 atom stereocenters. The van der Waals surface area contributed by atoms with Crippen molar-refractivity contribution in [1.82, 2.24) is 9.97 Å². The lowest BCUT2D eigenvalue weighted by Crippen LogP contribution is -2.06. The van der Waals surface area contributed by atoms with Crippen molar-refractivity contribution >= 4 is 17.7 Å². The SMILES string of the molecule is Cc1ccc(C(=O)O)c(Sc2nccc(=O)[nH]2)c1. The van der Waals surface area contributed by atoms with Crippen molar-refractivity contribution in [2.75, 3.05) is 0 Å². The van der Waals surface area contributed by atoms with Gasteiger partial charge >= 0.3 is 5.97 Å². The molecule has 2 rings (SSSR count). The van der Waals surface area contributed by atoms with Crippen LogP contribution >= 0.6 is 11.8 Å². The van der Waals surface area contributed by atoms with Crippen molar-refractivity contribution in [2.24, 2.45) is 0 Å². The normalized spacial score (nSPS) is 10.3. The second kappa shape index (κ2) is 5.05. The molecule has 0 saturated heterocycles. The van der Waals surface area contributed by atoms with Gasteiger partial charge in [0.05, 0.1) is 5.56 Å². The van der Waals surface area contributed by atoms with Gasteiger partial charge in [0.2, 0.25) is 0 Å². The van der Waals surface area contributed by atoms with E-state index in [1.165, 1.54) is 12.3 Å². The maximum absolute atomic E-state index is 11.1. The van der Waals surface area contributed by atoms with Crippen molar-refractivity contribution in [3.63, 3.8) is 0 Å². The van der Waals surface area contributed by atoms with Gasteiger partial charge in [0.15, 0.2) is 5.16 Å². The van der Waals surface area contributed by atoms with E-state index in [1.54, 1.807) is 18.2 Å². The van der Waals surface area contributed by atoms with Gasteiger partial charge < -0.3 is 10.1 Å². The number of aromatic amines is 1. The highest BCUT2D eigenvalue weighted by atomic mass is 32.2. The smallest absolute Gasteiger partial charge is 0.336 e. The van der Waals surface area contributed by atoms with E-state index in [1.807, 2.05) is 6.92 Å². The number of nitrogens with one attached hydrogen (secondary N) is 1. The number of H-pyrrole nitrogens is 1. The topological polar surface area (TPSA) is 83.0 Å². The number of aromatic carboxylic acids is 1. The first kappa shape index (κ1) is 12.4. The average molecular weight is 262 g/mol. The van der Waals surface area contributed by atoms with Gasteiger partial charge in [-0.25, -0.2) is 9.78 Å². The largest absolute Gasteiger partial charge is 0.478 e. The van der Waals surface area contributed by atoms with Crippen LogP contribution in [0.5, 0.6) is 0 Å². The summed E-state index contributed by atoms with van der Waals surface area (Å²) in [5.41, 5.74) is 0.870. The van der Waals surface area contributed by atoms with Gasteiger partial charge in [-0.05, 0) is 24.6 Å². The lowest BCUT2D eigenvalue weighted by Gasteiger charge is -2.05. The third kappa shape index (κ3) is 2.78. The summed E-state index contributed by atoms with van der Waals surface area (Å²) >= 11 is 1.12. The summed E-state index contributed by atoms with van der Waals surface area (Å²) in [5.74, 6) is -1.00. The molecule has 92 valence electrons. The predicted octanol–water partition coefficient (Wildman–Crippen LogP) is 1.93. The first-order chi connectivity index (χ1) is 8.56. The molecule has 0 radical (unpaired) electrons. The third-order valence-electron chi connectivity index (χ3n) is 2.22. The minimum Gasteiger partial charge on any atom is -0.478 e. The summed E-state index contributed by atoms with van der Waals surface area (Å²) < 4.78 is 0. The van der Waals surface area contributed by atoms with Crippen molar-refractivity contribution in [1.29, 1.82) is 0 Å². The van der Waals surface area contributed by atoms with Gasteiger partial charge in [-0.3, -0.25) is 4.79 Å². The summed E-state index contributed by atoms with van der Waals surface area (Å²) in [7, 11) is 0. The van der Waals surface area contributed by atoms with Crippen LogP contribution in [0.2, 0.25) is 0 Å². The average Bonchev–Trinajstić information content (AvgIpc) is 2.28. The van der Waals surface area contributed by atoms with Crippen molar-refractivity contribution in [3.8, 4) is 0 Å². The van der Waals surface area contributed by atoms with Gasteiger partial charge in [-0.2, -0.15) is 0 Å². The predicted molar refractivity (Wildman–Crippen MR) is 67.1 cm³/mol. The van der Waals surface area contributed by atoms with E-state index in [4.69, 9.17) is 5.11 Å². The van der Waals surface area contributed by atoms with E-state index in [-0.39, 0.29) is 11.1 Å². The maximum atomic E-state index is 11.1. The second-order valence-corrected chi connectivity index (χ2v) is 4.68. The Morgan fingerprint density at radius 3 is 2.83 bits per heavy atom. The van der Waals surface area contributed by atoms with E-state index in [0.717, 1.165) is 17.3 Å². The molecule has 1 heterocycles.